The number of piperazine rings is 2. The normalized spacial score (nSPS) is 26.4. The zero-order valence-electron chi connectivity index (χ0n) is 39.1. The second-order valence-electron chi connectivity index (χ2n) is 19.9. The van der Waals surface area contributed by atoms with E-state index >= 15 is 0 Å². The zero-order chi connectivity index (χ0) is 46.7. The summed E-state index contributed by atoms with van der Waals surface area (Å²) in [7, 11) is 0. The number of aromatic hydroxyl groups is 1. The van der Waals surface area contributed by atoms with Gasteiger partial charge in [0.15, 0.2) is 0 Å². The molecule has 1 saturated carbocycles. The standard InChI is InChI=1S/C51H72N8O7S/c60-42-22-20-37(21-23-42)29-41-33-59(50(65)49(64)57(41)27-24-35-12-3-1-4-13-35)40(28-36-14-5-2-6-15-36)31-56-26-11-17-39(56)32-58-38(30-53-47(62)48(58)63)16-9-10-25-52-45(61)19-8-7-18-44-46-43(34-67-44)54-51(66)55-46/h1,3-4,12-13,20-23,36,38-41,43-44,46,60H,2,5-11,14-19,24-34H2,(H,52,61)(H,53,62)(H2,54,55,66)/t38?,39?,40?,41?,43-,44-,46-/m0/s1. The van der Waals surface area contributed by atoms with Crippen LogP contribution in [0.25, 0.3) is 0 Å². The van der Waals surface area contributed by atoms with E-state index in [4.69, 9.17) is 0 Å². The highest BCUT2D eigenvalue weighted by Gasteiger charge is 2.45. The van der Waals surface area contributed by atoms with E-state index in [1.807, 2.05) is 59.1 Å². The van der Waals surface area contributed by atoms with E-state index in [0.29, 0.717) is 76.1 Å². The molecule has 7 atom stereocenters. The van der Waals surface area contributed by atoms with Crippen LogP contribution in [-0.4, -0.2) is 153 Å². The van der Waals surface area contributed by atoms with Gasteiger partial charge in [-0.3, -0.25) is 28.9 Å². The third-order valence-corrected chi connectivity index (χ3v) is 16.8. The minimum absolute atomic E-state index is 0.0125. The highest BCUT2D eigenvalue weighted by atomic mass is 32.2. The maximum Gasteiger partial charge on any atom is 0.315 e. The van der Waals surface area contributed by atoms with E-state index < -0.39 is 23.6 Å². The van der Waals surface area contributed by atoms with E-state index in [2.05, 4.69) is 26.2 Å². The number of amides is 7. The van der Waals surface area contributed by atoms with Crippen LogP contribution < -0.4 is 21.3 Å². The number of nitrogens with zero attached hydrogens (tertiary/aromatic N) is 4. The largest absolute Gasteiger partial charge is 0.508 e. The van der Waals surface area contributed by atoms with Crippen LogP contribution in [0.4, 0.5) is 4.79 Å². The molecule has 6 aliphatic rings. The molecule has 364 valence electrons. The van der Waals surface area contributed by atoms with E-state index in [-0.39, 0.29) is 53.9 Å². The van der Waals surface area contributed by atoms with Crippen LogP contribution in [0.2, 0.25) is 0 Å². The van der Waals surface area contributed by atoms with Gasteiger partial charge >= 0.3 is 29.7 Å². The second kappa shape index (κ2) is 23.5. The lowest BCUT2D eigenvalue weighted by Gasteiger charge is -2.46. The Hall–Kier alpha value is -4.83. The number of nitrogens with one attached hydrogen (secondary N) is 4. The fraction of sp³-hybridized carbons (Fsp3) is 0.647. The zero-order valence-corrected chi connectivity index (χ0v) is 39.9. The first kappa shape index (κ1) is 48.6. The number of benzene rings is 2. The van der Waals surface area contributed by atoms with Gasteiger partial charge in [0.05, 0.1) is 18.1 Å². The van der Waals surface area contributed by atoms with E-state index in [9.17, 15) is 33.9 Å². The molecule has 5 aliphatic heterocycles. The number of carbonyl (C=O) groups excluding carboxylic acids is 6. The maximum absolute atomic E-state index is 14.4. The molecule has 16 heteroatoms. The summed E-state index contributed by atoms with van der Waals surface area (Å²) in [5.74, 6) is -0.364. The molecule has 0 spiro atoms. The average Bonchev–Trinajstić information content (AvgIpc) is 4.05. The Bertz CT molecular complexity index is 2020. The summed E-state index contributed by atoms with van der Waals surface area (Å²) in [6.07, 6.45) is 15.1. The molecule has 8 rings (SSSR count). The summed E-state index contributed by atoms with van der Waals surface area (Å²) in [6, 6.07) is 16.9. The topological polar surface area (TPSA) is 184 Å². The lowest BCUT2D eigenvalue weighted by atomic mass is 9.84. The van der Waals surface area contributed by atoms with Gasteiger partial charge in [-0.1, -0.05) is 81.0 Å². The molecular weight excluding hydrogens is 869 g/mol. The lowest BCUT2D eigenvalue weighted by Crippen LogP contribution is -2.64. The summed E-state index contributed by atoms with van der Waals surface area (Å²) in [5, 5.41) is 22.3. The monoisotopic (exact) mass is 941 g/mol. The first-order valence-corrected chi connectivity index (χ1v) is 26.4. The highest BCUT2D eigenvalue weighted by Crippen LogP contribution is 2.34. The molecule has 5 saturated heterocycles. The molecule has 2 aromatic carbocycles. The SMILES string of the molecule is O=C(CCCC[C@@H]1SC[C@@H]2NC(=O)N[C@@H]21)NCCCCC1CNC(=O)C(=O)N1CC1CCCN1CC(CC1CCCCC1)N1CC(Cc2ccc(O)cc2)N(CCc2ccccc2)C(=O)C1=O. The summed E-state index contributed by atoms with van der Waals surface area (Å²) in [5.41, 5.74) is 2.10. The van der Waals surface area contributed by atoms with Gasteiger partial charge in [-0.2, -0.15) is 11.8 Å². The number of phenols is 1. The van der Waals surface area contributed by atoms with Crippen LogP contribution >= 0.6 is 11.8 Å². The molecule has 6 fully saturated rings. The van der Waals surface area contributed by atoms with Crippen molar-refractivity contribution in [2.75, 3.05) is 51.6 Å². The summed E-state index contributed by atoms with van der Waals surface area (Å²) in [4.78, 5) is 87.4. The molecule has 0 aromatic heterocycles. The van der Waals surface area contributed by atoms with Crippen molar-refractivity contribution >= 4 is 47.3 Å². The molecule has 4 unspecified atom stereocenters. The predicted molar refractivity (Wildman–Crippen MR) is 258 cm³/mol. The Morgan fingerprint density at radius 1 is 0.791 bits per heavy atom. The van der Waals surface area contributed by atoms with Gasteiger partial charge in [0.25, 0.3) is 0 Å². The minimum Gasteiger partial charge on any atom is -0.508 e. The van der Waals surface area contributed by atoms with Gasteiger partial charge in [-0.05, 0) is 99.9 Å². The Morgan fingerprint density at radius 3 is 2.39 bits per heavy atom. The third kappa shape index (κ3) is 12.8. The molecule has 7 amide bonds. The molecule has 67 heavy (non-hydrogen) atoms. The second-order valence-corrected chi connectivity index (χ2v) is 21.2. The third-order valence-electron chi connectivity index (χ3n) is 15.3. The minimum atomic E-state index is -0.576. The number of phenolic OH excluding ortho intramolecular Hbond substituents is 1. The van der Waals surface area contributed by atoms with E-state index in [1.165, 1.54) is 19.3 Å². The van der Waals surface area contributed by atoms with E-state index in [0.717, 1.165) is 87.6 Å². The van der Waals surface area contributed by atoms with Crippen molar-refractivity contribution in [3.8, 4) is 5.75 Å². The van der Waals surface area contributed by atoms with Crippen molar-refractivity contribution in [1.82, 2.24) is 40.9 Å². The van der Waals surface area contributed by atoms with Crippen LogP contribution in [0.15, 0.2) is 54.6 Å². The Morgan fingerprint density at radius 2 is 1.58 bits per heavy atom. The van der Waals surface area contributed by atoms with Gasteiger partial charge in [-0.15, -0.1) is 0 Å². The molecule has 2 aromatic rings. The van der Waals surface area contributed by atoms with Crippen LogP contribution in [0.1, 0.15) is 107 Å². The number of thioether (sulfide) groups is 1. The molecule has 5 N–H and O–H groups in total. The molecule has 0 bridgehead atoms. The van der Waals surface area contributed by atoms with Crippen molar-refractivity contribution < 1.29 is 33.9 Å². The number of rotatable bonds is 22. The Balaban J connectivity index is 0.869. The van der Waals surface area contributed by atoms with Crippen LogP contribution in [0, 0.1) is 5.92 Å². The number of carbonyl (C=O) groups is 6. The number of unbranched alkanes of at least 4 members (excludes halogenated alkanes) is 2. The van der Waals surface area contributed by atoms with Crippen molar-refractivity contribution in [3.05, 3.63) is 65.7 Å². The van der Waals surface area contributed by atoms with Gasteiger partial charge < -0.3 is 41.1 Å². The van der Waals surface area contributed by atoms with Crippen molar-refractivity contribution in [2.24, 2.45) is 5.92 Å². The Labute approximate surface area is 400 Å². The van der Waals surface area contributed by atoms with Gasteiger partial charge in [0, 0.05) is 74.8 Å². The van der Waals surface area contributed by atoms with Crippen LogP contribution in [-0.2, 0) is 36.8 Å². The number of hydrogen-bond acceptors (Lipinski definition) is 9. The maximum atomic E-state index is 14.4. The summed E-state index contributed by atoms with van der Waals surface area (Å²) >= 11 is 1.89. The fourth-order valence-corrected chi connectivity index (χ4v) is 13.2. The summed E-state index contributed by atoms with van der Waals surface area (Å²) < 4.78 is 0. The van der Waals surface area contributed by atoms with Gasteiger partial charge in [-0.25, -0.2) is 4.79 Å². The molecule has 1 aliphatic carbocycles. The Kier molecular flexibility index (Phi) is 17.0. The molecule has 15 nitrogen and oxygen atoms in total. The molecular formula is C51H72N8O7S. The van der Waals surface area contributed by atoms with Crippen molar-refractivity contribution in [2.45, 2.75) is 151 Å². The van der Waals surface area contributed by atoms with Crippen LogP contribution in [0.5, 0.6) is 5.75 Å². The first-order chi connectivity index (χ1) is 32.6. The van der Waals surface area contributed by atoms with Gasteiger partial charge in [0.2, 0.25) is 5.91 Å². The number of urea groups is 1. The van der Waals surface area contributed by atoms with E-state index in [1.54, 1.807) is 21.9 Å². The molecule has 5 heterocycles. The van der Waals surface area contributed by atoms with Crippen molar-refractivity contribution in [1.29, 1.82) is 0 Å². The van der Waals surface area contributed by atoms with Crippen molar-refractivity contribution in [3.63, 3.8) is 0 Å². The highest BCUT2D eigenvalue weighted by molar-refractivity contribution is 8.00. The van der Waals surface area contributed by atoms with Gasteiger partial charge in [0.1, 0.15) is 5.75 Å². The molecule has 0 radical (unpaired) electrons. The smallest absolute Gasteiger partial charge is 0.315 e. The fourth-order valence-electron chi connectivity index (χ4n) is 11.6. The lowest BCUT2D eigenvalue weighted by molar-refractivity contribution is -0.161. The predicted octanol–water partition coefficient (Wildman–Crippen LogP) is 4.36. The van der Waals surface area contributed by atoms with Crippen LogP contribution in [0.3, 0.4) is 0 Å². The number of likely N-dealkylation sites (tertiary alicyclic amines) is 1. The average molecular weight is 941 g/mol. The number of hydrogen-bond donors (Lipinski definition) is 5. The quantitative estimate of drug-likeness (QED) is 0.0651. The first-order valence-electron chi connectivity index (χ1n) is 25.3. The number of fused-ring (bicyclic) bond motifs is 1. The summed E-state index contributed by atoms with van der Waals surface area (Å²) in [6.45, 7) is 3.65.